The maximum absolute atomic E-state index is 14.3. The van der Waals surface area contributed by atoms with E-state index in [-0.39, 0.29) is 28.1 Å². The van der Waals surface area contributed by atoms with Gasteiger partial charge in [0.15, 0.2) is 0 Å². The van der Waals surface area contributed by atoms with Crippen LogP contribution in [0.5, 0.6) is 0 Å². The maximum Gasteiger partial charge on any atom is 0.455 e. The Morgan fingerprint density at radius 1 is 1.03 bits per heavy atom. The van der Waals surface area contributed by atoms with E-state index in [0.717, 1.165) is 0 Å². The number of rotatable bonds is 7. The van der Waals surface area contributed by atoms with E-state index in [9.17, 15) is 41.4 Å². The summed E-state index contributed by atoms with van der Waals surface area (Å²) >= 11 is 0. The molecule has 0 aliphatic carbocycles. The number of fused-ring (bicyclic) bond motifs is 3. The van der Waals surface area contributed by atoms with Gasteiger partial charge in [0, 0.05) is 11.3 Å². The largest absolute Gasteiger partial charge is 0.455 e. The summed E-state index contributed by atoms with van der Waals surface area (Å²) in [5.74, 6) is -10.1. The van der Waals surface area contributed by atoms with Crippen molar-refractivity contribution in [3.8, 4) is 11.1 Å². The first-order chi connectivity index (χ1) is 16.2. The number of carbonyl (C=O) groups excluding carboxylic acids is 3. The summed E-state index contributed by atoms with van der Waals surface area (Å²) < 4.78 is 68.1. The highest BCUT2D eigenvalue weighted by Gasteiger charge is 2.61. The fourth-order valence-electron chi connectivity index (χ4n) is 3.98. The van der Waals surface area contributed by atoms with Gasteiger partial charge in [0.05, 0.1) is 6.54 Å². The number of para-hydroxylation sites is 1. The molecule has 7 nitrogen and oxygen atoms in total. The van der Waals surface area contributed by atoms with Crippen molar-refractivity contribution < 1.29 is 41.4 Å². The van der Waals surface area contributed by atoms with Gasteiger partial charge in [0.2, 0.25) is 5.60 Å². The van der Waals surface area contributed by atoms with Crippen LogP contribution in [0.2, 0.25) is 0 Å². The Balaban J connectivity index is 2.26. The van der Waals surface area contributed by atoms with Crippen LogP contribution in [0, 0.1) is 0 Å². The average Bonchev–Trinajstić information content (AvgIpc) is 2.90. The van der Waals surface area contributed by atoms with Crippen LogP contribution in [0.1, 0.15) is 31.4 Å². The molecule has 3 amide bonds. The Hall–Kier alpha value is -3.54. The third-order valence-corrected chi connectivity index (χ3v) is 5.71. The van der Waals surface area contributed by atoms with Crippen molar-refractivity contribution in [1.82, 2.24) is 4.90 Å². The number of hydrogen-bond acceptors (Lipinski definition) is 4. The number of benzene rings is 2. The van der Waals surface area contributed by atoms with Gasteiger partial charge in [0.1, 0.15) is 6.04 Å². The number of nitrogens with two attached hydrogens (primary N) is 1. The van der Waals surface area contributed by atoms with Gasteiger partial charge in [-0.1, -0.05) is 55.8 Å². The molecule has 35 heavy (non-hydrogen) atoms. The zero-order valence-electron chi connectivity index (χ0n) is 18.4. The third-order valence-electron chi connectivity index (χ3n) is 5.71. The van der Waals surface area contributed by atoms with Gasteiger partial charge in [-0.2, -0.15) is 22.0 Å². The van der Waals surface area contributed by atoms with Gasteiger partial charge < -0.3 is 21.1 Å². The summed E-state index contributed by atoms with van der Waals surface area (Å²) in [6.45, 7) is -0.905. The van der Waals surface area contributed by atoms with Gasteiger partial charge in [-0.15, -0.1) is 0 Å². The minimum Gasteiger partial charge on any atom is -0.372 e. The molecule has 0 bridgehead atoms. The van der Waals surface area contributed by atoms with Crippen molar-refractivity contribution >= 4 is 23.4 Å². The Kier molecular flexibility index (Phi) is 6.89. The molecule has 4 N–H and O–H groups in total. The van der Waals surface area contributed by atoms with Gasteiger partial charge in [-0.05, 0) is 23.6 Å². The van der Waals surface area contributed by atoms with Crippen molar-refractivity contribution in [2.24, 2.45) is 5.73 Å². The van der Waals surface area contributed by atoms with Crippen LogP contribution in [0.3, 0.4) is 0 Å². The van der Waals surface area contributed by atoms with Crippen molar-refractivity contribution in [3.63, 3.8) is 0 Å². The molecule has 0 saturated carbocycles. The molecule has 2 aromatic carbocycles. The Morgan fingerprint density at radius 3 is 2.17 bits per heavy atom. The number of hydrogen-bond donors (Lipinski definition) is 3. The maximum atomic E-state index is 14.3. The SMILES string of the molecule is CCC[C@@](O)(C(N)=O)C(=O)N(CC(F)(F)C(F)(F)F)[C@@H]1C(=O)Nc2ccccc2-c2ccccc21. The summed E-state index contributed by atoms with van der Waals surface area (Å²) in [7, 11) is 0. The monoisotopic (exact) mass is 499 g/mol. The normalized spacial score (nSPS) is 17.3. The predicted molar refractivity (Wildman–Crippen MR) is 115 cm³/mol. The number of nitrogens with zero attached hydrogens (tertiary/aromatic N) is 1. The number of anilines is 1. The molecule has 0 unspecified atom stereocenters. The van der Waals surface area contributed by atoms with E-state index < -0.39 is 54.4 Å². The number of nitrogens with one attached hydrogen (secondary N) is 1. The lowest BCUT2D eigenvalue weighted by atomic mass is 9.91. The lowest BCUT2D eigenvalue weighted by molar-refractivity contribution is -0.287. The first kappa shape index (κ1) is 26.1. The number of amides is 3. The van der Waals surface area contributed by atoms with Crippen LogP contribution < -0.4 is 11.1 Å². The highest BCUT2D eigenvalue weighted by Crippen LogP contribution is 2.43. The lowest BCUT2D eigenvalue weighted by Gasteiger charge is -2.38. The van der Waals surface area contributed by atoms with Gasteiger partial charge in [-0.25, -0.2) is 0 Å². The first-order valence-electron chi connectivity index (χ1n) is 10.5. The minimum atomic E-state index is -6.09. The molecule has 0 radical (unpaired) electrons. The van der Waals surface area contributed by atoms with Crippen LogP contribution in [-0.4, -0.2) is 52.0 Å². The molecule has 0 saturated heterocycles. The van der Waals surface area contributed by atoms with E-state index in [4.69, 9.17) is 5.73 Å². The number of aliphatic hydroxyl groups is 1. The summed E-state index contributed by atoms with van der Waals surface area (Å²) in [5, 5.41) is 13.1. The smallest absolute Gasteiger partial charge is 0.372 e. The summed E-state index contributed by atoms with van der Waals surface area (Å²) in [6, 6.07) is 9.95. The summed E-state index contributed by atoms with van der Waals surface area (Å²) in [4.78, 5) is 38.5. The van der Waals surface area contributed by atoms with Crippen LogP contribution in [-0.2, 0) is 14.4 Å². The molecule has 188 valence electrons. The number of halogens is 5. The van der Waals surface area contributed by atoms with Crippen molar-refractivity contribution in [1.29, 1.82) is 0 Å². The molecule has 0 aromatic heterocycles. The lowest BCUT2D eigenvalue weighted by Crippen LogP contribution is -2.61. The Morgan fingerprint density at radius 2 is 1.60 bits per heavy atom. The van der Waals surface area contributed by atoms with E-state index >= 15 is 0 Å². The van der Waals surface area contributed by atoms with E-state index in [0.29, 0.717) is 5.56 Å². The first-order valence-corrected chi connectivity index (χ1v) is 10.5. The second kappa shape index (κ2) is 9.25. The second-order valence-corrected chi connectivity index (χ2v) is 8.13. The molecule has 3 rings (SSSR count). The van der Waals surface area contributed by atoms with E-state index in [1.807, 2.05) is 0 Å². The van der Waals surface area contributed by atoms with E-state index in [1.54, 1.807) is 24.3 Å². The molecule has 2 atom stereocenters. The minimum absolute atomic E-state index is 0.0480. The van der Waals surface area contributed by atoms with Crippen LogP contribution >= 0.6 is 0 Å². The molecule has 0 spiro atoms. The molecule has 1 heterocycles. The zero-order chi connectivity index (χ0) is 26.2. The molecule has 1 aliphatic rings. The molecule has 1 aliphatic heterocycles. The van der Waals surface area contributed by atoms with Crippen LogP contribution in [0.4, 0.5) is 27.6 Å². The van der Waals surface area contributed by atoms with Gasteiger partial charge >= 0.3 is 12.1 Å². The summed E-state index contributed by atoms with van der Waals surface area (Å²) in [5.41, 5.74) is 2.88. The third kappa shape index (κ3) is 4.70. The average molecular weight is 499 g/mol. The fraction of sp³-hybridized carbons (Fsp3) is 0.348. The topological polar surface area (TPSA) is 113 Å². The Bertz CT molecular complexity index is 1150. The Labute approximate surface area is 196 Å². The molecular formula is C23H22F5N3O4. The zero-order valence-corrected chi connectivity index (χ0v) is 18.4. The van der Waals surface area contributed by atoms with E-state index in [1.165, 1.54) is 31.2 Å². The highest BCUT2D eigenvalue weighted by atomic mass is 19.4. The van der Waals surface area contributed by atoms with Gasteiger partial charge in [0.25, 0.3) is 17.7 Å². The molecular weight excluding hydrogens is 477 g/mol. The fourth-order valence-corrected chi connectivity index (χ4v) is 3.98. The number of alkyl halides is 5. The van der Waals surface area contributed by atoms with Gasteiger partial charge in [-0.3, -0.25) is 14.4 Å². The van der Waals surface area contributed by atoms with Crippen molar-refractivity contribution in [3.05, 3.63) is 54.1 Å². The molecule has 0 fully saturated rings. The summed E-state index contributed by atoms with van der Waals surface area (Å²) in [6.07, 6.45) is -6.80. The van der Waals surface area contributed by atoms with Crippen LogP contribution in [0.15, 0.2) is 48.5 Å². The molecule has 2 aromatic rings. The van der Waals surface area contributed by atoms with E-state index in [2.05, 4.69) is 5.32 Å². The second-order valence-electron chi connectivity index (χ2n) is 8.13. The van der Waals surface area contributed by atoms with Crippen LogP contribution in [0.25, 0.3) is 11.1 Å². The number of primary amides is 1. The molecule has 12 heteroatoms. The predicted octanol–water partition coefficient (Wildman–Crippen LogP) is 3.39. The highest BCUT2D eigenvalue weighted by molar-refractivity contribution is 6.10. The standard InChI is InChI=1S/C23H22F5N3O4/c1-2-11-21(35,19(29)33)20(34)31(12-22(24,25)23(26,27)28)17-15-9-4-3-7-13(15)14-8-5-6-10-16(14)30-18(17)32/h3-10,17,35H,2,11-12H2,1H3,(H2,29,33)(H,30,32)/t17-,21+/m0/s1. The number of carbonyl (C=O) groups is 3. The quantitative estimate of drug-likeness (QED) is 0.401. The van der Waals surface area contributed by atoms with Crippen molar-refractivity contribution in [2.45, 2.75) is 43.5 Å². The van der Waals surface area contributed by atoms with Crippen molar-refractivity contribution in [2.75, 3.05) is 11.9 Å².